The number of para-hydroxylation sites is 1. The summed E-state index contributed by atoms with van der Waals surface area (Å²) in [5, 5.41) is 18.6. The molecule has 2 aromatic carbocycles. The van der Waals surface area contributed by atoms with Crippen LogP contribution in [0.2, 0.25) is 5.02 Å². The summed E-state index contributed by atoms with van der Waals surface area (Å²) in [6.45, 7) is 2.82. The first-order chi connectivity index (χ1) is 9.82. The third kappa shape index (κ3) is 4.93. The molecule has 0 atom stereocenters. The molecule has 0 amide bonds. The zero-order valence-corrected chi connectivity index (χ0v) is 12.4. The standard InChI is InChI=1S/C8H7ClO2.C8H8O2/c1-5(10)7-3-2-6(9)4-8(7)11;1-6(9)7-4-2-3-5-8(7)10/h2-4,11H,1H3;2-5,10H,1H3. The zero-order chi connectivity index (χ0) is 16.0. The van der Waals surface area contributed by atoms with E-state index in [0.29, 0.717) is 16.1 Å². The number of phenolic OH excluding ortho intramolecular Hbond substituents is 2. The Bertz CT molecular complexity index is 665. The van der Waals surface area contributed by atoms with Gasteiger partial charge in [0.2, 0.25) is 0 Å². The van der Waals surface area contributed by atoms with Gasteiger partial charge >= 0.3 is 0 Å². The van der Waals surface area contributed by atoms with E-state index < -0.39 is 0 Å². The molecule has 0 bridgehead atoms. The summed E-state index contributed by atoms with van der Waals surface area (Å²) in [4.78, 5) is 21.5. The Morgan fingerprint density at radius 3 is 1.81 bits per heavy atom. The van der Waals surface area contributed by atoms with E-state index in [0.717, 1.165) is 0 Å². The van der Waals surface area contributed by atoms with Crippen molar-refractivity contribution in [2.24, 2.45) is 0 Å². The number of halogens is 1. The van der Waals surface area contributed by atoms with Gasteiger partial charge in [-0.1, -0.05) is 23.7 Å². The highest BCUT2D eigenvalue weighted by Gasteiger charge is 2.05. The first-order valence-electron chi connectivity index (χ1n) is 6.11. The van der Waals surface area contributed by atoms with Gasteiger partial charge in [0, 0.05) is 5.02 Å². The fourth-order valence-electron chi connectivity index (χ4n) is 1.57. The normalized spacial score (nSPS) is 9.48. The first-order valence-corrected chi connectivity index (χ1v) is 6.49. The third-order valence-electron chi connectivity index (χ3n) is 2.62. The van der Waals surface area contributed by atoms with Crippen molar-refractivity contribution in [2.75, 3.05) is 0 Å². The highest BCUT2D eigenvalue weighted by molar-refractivity contribution is 6.30. The van der Waals surface area contributed by atoms with Crippen molar-refractivity contribution in [1.82, 2.24) is 0 Å². The second kappa shape index (κ2) is 7.45. The number of carbonyl (C=O) groups excluding carboxylic acids is 2. The number of benzene rings is 2. The van der Waals surface area contributed by atoms with Gasteiger partial charge in [0.25, 0.3) is 0 Å². The van der Waals surface area contributed by atoms with Crippen LogP contribution in [0.5, 0.6) is 11.5 Å². The lowest BCUT2D eigenvalue weighted by molar-refractivity contribution is 0.100. The maximum Gasteiger partial charge on any atom is 0.163 e. The van der Waals surface area contributed by atoms with Crippen molar-refractivity contribution in [3.8, 4) is 11.5 Å². The molecule has 0 aliphatic carbocycles. The van der Waals surface area contributed by atoms with E-state index in [4.69, 9.17) is 21.8 Å². The largest absolute Gasteiger partial charge is 0.507 e. The summed E-state index contributed by atoms with van der Waals surface area (Å²) < 4.78 is 0. The average molecular weight is 307 g/mol. The van der Waals surface area contributed by atoms with Crippen molar-refractivity contribution in [3.63, 3.8) is 0 Å². The molecule has 0 heterocycles. The van der Waals surface area contributed by atoms with Gasteiger partial charge in [0.15, 0.2) is 11.6 Å². The number of hydrogen-bond donors (Lipinski definition) is 2. The van der Waals surface area contributed by atoms with Crippen LogP contribution in [-0.4, -0.2) is 21.8 Å². The molecule has 0 aliphatic heterocycles. The molecule has 0 saturated carbocycles. The van der Waals surface area contributed by atoms with Crippen molar-refractivity contribution < 1.29 is 19.8 Å². The van der Waals surface area contributed by atoms with Crippen molar-refractivity contribution in [2.45, 2.75) is 13.8 Å². The van der Waals surface area contributed by atoms with Gasteiger partial charge in [-0.3, -0.25) is 9.59 Å². The van der Waals surface area contributed by atoms with Crippen LogP contribution in [0.4, 0.5) is 0 Å². The zero-order valence-electron chi connectivity index (χ0n) is 11.6. The quantitative estimate of drug-likeness (QED) is 0.827. The molecule has 0 fully saturated rings. The summed E-state index contributed by atoms with van der Waals surface area (Å²) >= 11 is 5.55. The lowest BCUT2D eigenvalue weighted by Crippen LogP contribution is -1.91. The number of carbonyl (C=O) groups is 2. The van der Waals surface area contributed by atoms with E-state index >= 15 is 0 Å². The van der Waals surface area contributed by atoms with E-state index in [9.17, 15) is 9.59 Å². The molecule has 0 saturated heterocycles. The van der Waals surface area contributed by atoms with E-state index in [1.807, 2.05) is 0 Å². The van der Waals surface area contributed by atoms with Crippen molar-refractivity contribution >= 4 is 23.2 Å². The molecule has 0 aromatic heterocycles. The SMILES string of the molecule is CC(=O)c1ccc(Cl)cc1O.CC(=O)c1ccccc1O. The first kappa shape index (κ1) is 16.7. The molecule has 21 heavy (non-hydrogen) atoms. The summed E-state index contributed by atoms with van der Waals surface area (Å²) in [6, 6.07) is 10.9. The van der Waals surface area contributed by atoms with Crippen molar-refractivity contribution in [1.29, 1.82) is 0 Å². The van der Waals surface area contributed by atoms with Gasteiger partial charge in [-0.2, -0.15) is 0 Å². The number of rotatable bonds is 2. The monoisotopic (exact) mass is 306 g/mol. The summed E-state index contributed by atoms with van der Waals surface area (Å²) in [6.07, 6.45) is 0. The molecule has 0 spiro atoms. The topological polar surface area (TPSA) is 74.6 Å². The molecule has 2 aromatic rings. The Hall–Kier alpha value is -2.33. The molecule has 5 heteroatoms. The van der Waals surface area contributed by atoms with Crippen LogP contribution < -0.4 is 0 Å². The molecule has 0 aliphatic rings. The number of phenols is 2. The highest BCUT2D eigenvalue weighted by Crippen LogP contribution is 2.21. The Labute approximate surface area is 127 Å². The Morgan fingerprint density at radius 1 is 0.857 bits per heavy atom. The van der Waals surface area contributed by atoms with Gasteiger partial charge in [-0.25, -0.2) is 0 Å². The Kier molecular flexibility index (Phi) is 5.93. The molecule has 2 rings (SSSR count). The lowest BCUT2D eigenvalue weighted by atomic mass is 10.1. The second-order valence-electron chi connectivity index (χ2n) is 4.29. The minimum absolute atomic E-state index is 0.0509. The molecule has 4 nitrogen and oxygen atoms in total. The van der Waals surface area contributed by atoms with Gasteiger partial charge in [0.1, 0.15) is 11.5 Å². The van der Waals surface area contributed by atoms with Gasteiger partial charge in [0.05, 0.1) is 11.1 Å². The average Bonchev–Trinajstić information content (AvgIpc) is 2.39. The van der Waals surface area contributed by atoms with Gasteiger partial charge < -0.3 is 10.2 Å². The highest BCUT2D eigenvalue weighted by atomic mass is 35.5. The predicted molar refractivity (Wildman–Crippen MR) is 81.2 cm³/mol. The van der Waals surface area contributed by atoms with E-state index in [-0.39, 0.29) is 23.1 Å². The fraction of sp³-hybridized carbons (Fsp3) is 0.125. The predicted octanol–water partition coefficient (Wildman–Crippen LogP) is 3.84. The molecule has 110 valence electrons. The molecule has 0 unspecified atom stereocenters. The molecule has 2 N–H and O–H groups in total. The number of hydrogen-bond acceptors (Lipinski definition) is 4. The summed E-state index contributed by atoms with van der Waals surface area (Å²) in [5.74, 6) is -0.294. The number of ketones is 2. The number of aromatic hydroxyl groups is 2. The van der Waals surface area contributed by atoms with Crippen LogP contribution in [-0.2, 0) is 0 Å². The minimum atomic E-state index is -0.167. The molecule has 0 radical (unpaired) electrons. The Balaban J connectivity index is 0.000000211. The van der Waals surface area contributed by atoms with Crippen LogP contribution in [0.3, 0.4) is 0 Å². The second-order valence-corrected chi connectivity index (χ2v) is 4.73. The minimum Gasteiger partial charge on any atom is -0.507 e. The van der Waals surface area contributed by atoms with Gasteiger partial charge in [-0.15, -0.1) is 0 Å². The van der Waals surface area contributed by atoms with E-state index in [1.165, 1.54) is 32.0 Å². The summed E-state index contributed by atoms with van der Waals surface area (Å²) in [7, 11) is 0. The Morgan fingerprint density at radius 2 is 1.38 bits per heavy atom. The van der Waals surface area contributed by atoms with Crippen LogP contribution in [0.15, 0.2) is 42.5 Å². The summed E-state index contributed by atoms with van der Waals surface area (Å²) in [5.41, 5.74) is 0.678. The maximum absolute atomic E-state index is 10.8. The van der Waals surface area contributed by atoms with Crippen LogP contribution in [0.1, 0.15) is 34.6 Å². The van der Waals surface area contributed by atoms with Crippen LogP contribution in [0, 0.1) is 0 Å². The molecular formula is C16H15ClO4. The van der Waals surface area contributed by atoms with Crippen LogP contribution in [0.25, 0.3) is 0 Å². The maximum atomic E-state index is 10.8. The van der Waals surface area contributed by atoms with Gasteiger partial charge in [-0.05, 0) is 44.2 Å². The third-order valence-corrected chi connectivity index (χ3v) is 2.86. The smallest absolute Gasteiger partial charge is 0.163 e. The van der Waals surface area contributed by atoms with E-state index in [1.54, 1.807) is 24.3 Å². The van der Waals surface area contributed by atoms with E-state index in [2.05, 4.69) is 0 Å². The van der Waals surface area contributed by atoms with Crippen molar-refractivity contribution in [3.05, 3.63) is 58.6 Å². The lowest BCUT2D eigenvalue weighted by Gasteiger charge is -1.98. The molecular weight excluding hydrogens is 292 g/mol. The van der Waals surface area contributed by atoms with Crippen LogP contribution >= 0.6 is 11.6 Å². The fourth-order valence-corrected chi connectivity index (χ4v) is 1.74. The number of Topliss-reactive ketones (excluding diaryl/α,β-unsaturated/α-hetero) is 2.